The van der Waals surface area contributed by atoms with Crippen LogP contribution in [0.5, 0.6) is 0 Å². The first-order valence-corrected chi connectivity index (χ1v) is 7.39. The maximum absolute atomic E-state index is 6.24. The van der Waals surface area contributed by atoms with Crippen LogP contribution in [0.1, 0.15) is 24.2 Å². The van der Waals surface area contributed by atoms with Gasteiger partial charge in [0.15, 0.2) is 5.16 Å². The number of halogens is 1. The Bertz CT molecular complexity index is 543. The van der Waals surface area contributed by atoms with Crippen molar-refractivity contribution in [2.45, 2.75) is 29.8 Å². The average Bonchev–Trinajstić information content (AvgIpc) is 2.80. The molecule has 4 nitrogen and oxygen atoms in total. The highest BCUT2D eigenvalue weighted by molar-refractivity contribution is 7.99. The molecular formula is C13H17ClN4S. The molecule has 1 heterocycles. The lowest BCUT2D eigenvalue weighted by Crippen LogP contribution is -2.26. The molecule has 0 fully saturated rings. The van der Waals surface area contributed by atoms with Gasteiger partial charge in [0, 0.05) is 18.1 Å². The van der Waals surface area contributed by atoms with E-state index in [1.807, 2.05) is 25.2 Å². The Morgan fingerprint density at radius 2 is 2.26 bits per heavy atom. The fraction of sp³-hybridized carbons (Fsp3) is 0.385. The summed E-state index contributed by atoms with van der Waals surface area (Å²) in [6, 6.07) is 7.87. The number of aromatic nitrogens is 3. The number of thioether (sulfide) groups is 1. The zero-order chi connectivity index (χ0) is 13.8. The highest BCUT2D eigenvalue weighted by Gasteiger charge is 2.22. The van der Waals surface area contributed by atoms with Crippen LogP contribution in [0.15, 0.2) is 35.7 Å². The molecule has 1 aromatic heterocycles. The molecule has 1 aromatic carbocycles. The largest absolute Gasteiger partial charge is 0.326 e. The standard InChI is InChI=1S/C13H17ClN4S/c1-3-11(15)12(9-5-4-6-10(14)7-9)19-13-16-8-17-18(13)2/h4-8,11-12H,3,15H2,1-2H3. The van der Waals surface area contributed by atoms with Crippen LogP contribution in [-0.2, 0) is 7.05 Å². The topological polar surface area (TPSA) is 56.7 Å². The van der Waals surface area contributed by atoms with E-state index in [4.69, 9.17) is 17.3 Å². The van der Waals surface area contributed by atoms with Crippen molar-refractivity contribution in [2.75, 3.05) is 0 Å². The normalized spacial score (nSPS) is 14.3. The molecule has 102 valence electrons. The van der Waals surface area contributed by atoms with Gasteiger partial charge in [-0.05, 0) is 24.1 Å². The Labute approximate surface area is 122 Å². The van der Waals surface area contributed by atoms with Crippen molar-refractivity contribution >= 4 is 23.4 Å². The number of rotatable bonds is 5. The third-order valence-corrected chi connectivity index (χ3v) is 4.63. The first-order chi connectivity index (χ1) is 9.11. The molecule has 2 aromatic rings. The van der Waals surface area contributed by atoms with E-state index in [9.17, 15) is 0 Å². The molecule has 0 bridgehead atoms. The highest BCUT2D eigenvalue weighted by Crippen LogP contribution is 2.37. The Morgan fingerprint density at radius 1 is 1.47 bits per heavy atom. The number of aryl methyl sites for hydroxylation is 1. The molecule has 2 N–H and O–H groups in total. The van der Waals surface area contributed by atoms with Crippen molar-refractivity contribution in [3.63, 3.8) is 0 Å². The fourth-order valence-electron chi connectivity index (χ4n) is 1.81. The molecule has 0 saturated carbocycles. The van der Waals surface area contributed by atoms with Gasteiger partial charge >= 0.3 is 0 Å². The summed E-state index contributed by atoms with van der Waals surface area (Å²) in [5.74, 6) is 0. The molecule has 2 rings (SSSR count). The lowest BCUT2D eigenvalue weighted by molar-refractivity contribution is 0.625. The van der Waals surface area contributed by atoms with Gasteiger partial charge in [-0.3, -0.25) is 0 Å². The average molecular weight is 297 g/mol. The summed E-state index contributed by atoms with van der Waals surface area (Å²) >= 11 is 7.69. The summed E-state index contributed by atoms with van der Waals surface area (Å²) in [6.07, 6.45) is 2.44. The van der Waals surface area contributed by atoms with E-state index in [0.717, 1.165) is 22.2 Å². The Kier molecular flexibility index (Phi) is 4.85. The molecule has 6 heteroatoms. The Hall–Kier alpha value is -1.04. The van der Waals surface area contributed by atoms with Crippen molar-refractivity contribution in [1.82, 2.24) is 14.8 Å². The smallest absolute Gasteiger partial charge is 0.186 e. The number of hydrogen-bond donors (Lipinski definition) is 1. The van der Waals surface area contributed by atoms with Crippen molar-refractivity contribution in [2.24, 2.45) is 12.8 Å². The van der Waals surface area contributed by atoms with Crippen LogP contribution < -0.4 is 5.73 Å². The summed E-state index contributed by atoms with van der Waals surface area (Å²) in [6.45, 7) is 2.08. The van der Waals surface area contributed by atoms with E-state index in [2.05, 4.69) is 23.1 Å². The van der Waals surface area contributed by atoms with Gasteiger partial charge in [-0.25, -0.2) is 9.67 Å². The van der Waals surface area contributed by atoms with Gasteiger partial charge in [0.05, 0.1) is 5.25 Å². The Balaban J connectivity index is 2.29. The van der Waals surface area contributed by atoms with E-state index in [1.54, 1.807) is 22.8 Å². The van der Waals surface area contributed by atoms with Crippen molar-refractivity contribution in [3.8, 4) is 0 Å². The van der Waals surface area contributed by atoms with Crippen molar-refractivity contribution in [1.29, 1.82) is 0 Å². The third-order valence-electron chi connectivity index (χ3n) is 2.94. The molecule has 0 radical (unpaired) electrons. The molecule has 0 aliphatic rings. The van der Waals surface area contributed by atoms with Gasteiger partial charge in [0.2, 0.25) is 0 Å². The quantitative estimate of drug-likeness (QED) is 0.862. The van der Waals surface area contributed by atoms with Crippen LogP contribution in [0.2, 0.25) is 5.02 Å². The molecular weight excluding hydrogens is 280 g/mol. The fourth-order valence-corrected chi connectivity index (χ4v) is 3.19. The van der Waals surface area contributed by atoms with Crippen LogP contribution in [0.3, 0.4) is 0 Å². The van der Waals surface area contributed by atoms with Crippen LogP contribution in [0, 0.1) is 0 Å². The molecule has 0 aliphatic heterocycles. The number of benzene rings is 1. The minimum absolute atomic E-state index is 0.0418. The maximum Gasteiger partial charge on any atom is 0.186 e. The molecule has 2 atom stereocenters. The van der Waals surface area contributed by atoms with Crippen LogP contribution in [-0.4, -0.2) is 20.8 Å². The second kappa shape index (κ2) is 6.41. The first kappa shape index (κ1) is 14.4. The Morgan fingerprint density at radius 3 is 2.84 bits per heavy atom. The van der Waals surface area contributed by atoms with Crippen molar-refractivity contribution in [3.05, 3.63) is 41.2 Å². The molecule has 0 amide bonds. The van der Waals surface area contributed by atoms with E-state index in [1.165, 1.54) is 0 Å². The summed E-state index contributed by atoms with van der Waals surface area (Å²) in [4.78, 5) is 4.25. The second-order valence-electron chi connectivity index (χ2n) is 4.33. The number of nitrogens with zero attached hydrogens (tertiary/aromatic N) is 3. The minimum Gasteiger partial charge on any atom is -0.326 e. The number of nitrogens with two attached hydrogens (primary N) is 1. The van der Waals surface area contributed by atoms with Gasteiger partial charge in [-0.15, -0.1) is 0 Å². The van der Waals surface area contributed by atoms with Crippen LogP contribution >= 0.6 is 23.4 Å². The molecule has 0 spiro atoms. The van der Waals surface area contributed by atoms with Gasteiger partial charge in [0.25, 0.3) is 0 Å². The zero-order valence-electron chi connectivity index (χ0n) is 11.0. The van der Waals surface area contributed by atoms with Gasteiger partial charge < -0.3 is 5.73 Å². The summed E-state index contributed by atoms with van der Waals surface area (Å²) in [5, 5.41) is 5.78. The lowest BCUT2D eigenvalue weighted by Gasteiger charge is -2.22. The van der Waals surface area contributed by atoms with Gasteiger partial charge in [-0.2, -0.15) is 5.10 Å². The third kappa shape index (κ3) is 3.49. The molecule has 19 heavy (non-hydrogen) atoms. The summed E-state index contributed by atoms with van der Waals surface area (Å²) in [5.41, 5.74) is 7.36. The highest BCUT2D eigenvalue weighted by atomic mass is 35.5. The van der Waals surface area contributed by atoms with Crippen molar-refractivity contribution < 1.29 is 0 Å². The maximum atomic E-state index is 6.24. The zero-order valence-corrected chi connectivity index (χ0v) is 12.5. The van der Waals surface area contributed by atoms with E-state index in [0.29, 0.717) is 0 Å². The number of hydrogen-bond acceptors (Lipinski definition) is 4. The van der Waals surface area contributed by atoms with Crippen LogP contribution in [0.25, 0.3) is 0 Å². The molecule has 0 aliphatic carbocycles. The van der Waals surface area contributed by atoms with E-state index in [-0.39, 0.29) is 11.3 Å². The van der Waals surface area contributed by atoms with E-state index < -0.39 is 0 Å². The minimum atomic E-state index is 0.0418. The monoisotopic (exact) mass is 296 g/mol. The van der Waals surface area contributed by atoms with Gasteiger partial charge in [0.1, 0.15) is 6.33 Å². The first-order valence-electron chi connectivity index (χ1n) is 6.13. The van der Waals surface area contributed by atoms with E-state index >= 15 is 0 Å². The lowest BCUT2D eigenvalue weighted by atomic mass is 10.0. The van der Waals surface area contributed by atoms with Gasteiger partial charge in [-0.1, -0.05) is 42.4 Å². The predicted molar refractivity (Wildman–Crippen MR) is 79.3 cm³/mol. The molecule has 2 unspecified atom stereocenters. The molecule has 0 saturated heterocycles. The second-order valence-corrected chi connectivity index (χ2v) is 5.88. The van der Waals surface area contributed by atoms with Crippen LogP contribution in [0.4, 0.5) is 0 Å². The predicted octanol–water partition coefficient (Wildman–Crippen LogP) is 3.04. The summed E-state index contributed by atoms with van der Waals surface area (Å²) < 4.78 is 1.75. The summed E-state index contributed by atoms with van der Waals surface area (Å²) in [7, 11) is 1.88. The SMILES string of the molecule is CCC(N)C(Sc1ncnn1C)c1cccc(Cl)c1.